The monoisotopic (exact) mass is 473 g/mol. The zero-order valence-electron chi connectivity index (χ0n) is 15.9. The fraction of sp³-hybridized carbons (Fsp3) is 0.222. The number of hydrogen-bond acceptors (Lipinski definition) is 8. The van der Waals surface area contributed by atoms with Crippen molar-refractivity contribution in [1.82, 2.24) is 0 Å². The summed E-state index contributed by atoms with van der Waals surface area (Å²) in [5, 5.41) is 0.307. The van der Waals surface area contributed by atoms with Crippen LogP contribution < -0.4 is 21.1 Å². The van der Waals surface area contributed by atoms with Crippen molar-refractivity contribution in [3.05, 3.63) is 52.0 Å². The number of benzene rings is 2. The summed E-state index contributed by atoms with van der Waals surface area (Å²) in [6, 6.07) is 8.67. The highest BCUT2D eigenvalue weighted by molar-refractivity contribution is 7.86. The first kappa shape index (κ1) is 22.1. The molecule has 1 aliphatic heterocycles. The molecular formula is C18H18Cl2FN5O3S. The fourth-order valence-corrected chi connectivity index (χ4v) is 4.20. The van der Waals surface area contributed by atoms with Crippen LogP contribution in [0.2, 0.25) is 10.0 Å². The van der Waals surface area contributed by atoms with Crippen LogP contribution in [0.15, 0.2) is 51.3 Å². The van der Waals surface area contributed by atoms with Gasteiger partial charge in [0.1, 0.15) is 22.9 Å². The lowest BCUT2D eigenvalue weighted by atomic mass is 10.1. The van der Waals surface area contributed by atoms with E-state index >= 15 is 0 Å². The molecule has 1 heterocycles. The van der Waals surface area contributed by atoms with Crippen LogP contribution in [0, 0.1) is 0 Å². The van der Waals surface area contributed by atoms with Crippen molar-refractivity contribution in [2.24, 2.45) is 21.5 Å². The van der Waals surface area contributed by atoms with Crippen LogP contribution >= 0.6 is 23.2 Å². The molecule has 0 aliphatic carbocycles. The van der Waals surface area contributed by atoms with Gasteiger partial charge in [-0.2, -0.15) is 13.4 Å². The van der Waals surface area contributed by atoms with Gasteiger partial charge >= 0.3 is 10.2 Å². The molecule has 0 aromatic heterocycles. The molecule has 2 aromatic carbocycles. The first-order valence-electron chi connectivity index (χ1n) is 8.53. The molecule has 12 heteroatoms. The number of halogens is 3. The van der Waals surface area contributed by atoms with Crippen LogP contribution in [-0.4, -0.2) is 26.0 Å². The predicted octanol–water partition coefficient (Wildman–Crippen LogP) is 3.42. The number of aliphatic imine (C=N–C) groups is 2. The fourth-order valence-electron chi connectivity index (χ4n) is 3.03. The summed E-state index contributed by atoms with van der Waals surface area (Å²) in [6.45, 7) is 3.37. The van der Waals surface area contributed by atoms with Crippen LogP contribution in [0.5, 0.6) is 5.75 Å². The van der Waals surface area contributed by atoms with Gasteiger partial charge in [0.25, 0.3) is 0 Å². The summed E-state index contributed by atoms with van der Waals surface area (Å²) < 4.78 is 41.9. The topological polar surface area (TPSA) is 123 Å². The summed E-state index contributed by atoms with van der Waals surface area (Å²) >= 11 is 12.1. The second-order valence-corrected chi connectivity index (χ2v) is 9.02. The smallest absolute Gasteiger partial charge is 0.332 e. The maximum atomic E-state index is 13.5. The maximum absolute atomic E-state index is 13.5. The van der Waals surface area contributed by atoms with E-state index in [0.717, 1.165) is 6.07 Å². The maximum Gasteiger partial charge on any atom is 0.332 e. The minimum absolute atomic E-state index is 0.0707. The van der Waals surface area contributed by atoms with Crippen LogP contribution in [-0.2, 0) is 16.8 Å². The van der Waals surface area contributed by atoms with E-state index in [-0.39, 0.29) is 39.9 Å². The Hall–Kier alpha value is -2.56. The van der Waals surface area contributed by atoms with E-state index in [0.29, 0.717) is 5.69 Å². The van der Waals surface area contributed by atoms with E-state index < -0.39 is 20.8 Å². The van der Waals surface area contributed by atoms with Gasteiger partial charge in [0.15, 0.2) is 0 Å². The number of nitrogens with zero attached hydrogens (tertiary/aromatic N) is 3. The highest BCUT2D eigenvalue weighted by Gasteiger charge is 2.33. The molecule has 0 saturated carbocycles. The SMILES string of the molecule is CC1(C)N=C(N)N=C(N)N1c1ccc(OCc2ccc(Cl)cc2S(=O)(=O)F)c(Cl)c1. The Morgan fingerprint density at radius 1 is 1.17 bits per heavy atom. The normalized spacial score (nSPS) is 16.1. The molecule has 3 rings (SSSR count). The third kappa shape index (κ3) is 4.61. The van der Waals surface area contributed by atoms with Gasteiger partial charge in [-0.1, -0.05) is 29.3 Å². The lowest BCUT2D eigenvalue weighted by Crippen LogP contribution is -2.54. The van der Waals surface area contributed by atoms with Gasteiger partial charge in [-0.3, -0.25) is 4.90 Å². The Bertz CT molecular complexity index is 1170. The number of hydrogen-bond donors (Lipinski definition) is 2. The molecule has 0 bridgehead atoms. The minimum Gasteiger partial charge on any atom is -0.487 e. The van der Waals surface area contributed by atoms with Crippen molar-refractivity contribution >= 4 is 51.0 Å². The molecule has 0 unspecified atom stereocenters. The molecule has 8 nitrogen and oxygen atoms in total. The zero-order chi connectivity index (χ0) is 22.3. The van der Waals surface area contributed by atoms with Gasteiger partial charge in [0.2, 0.25) is 11.9 Å². The molecule has 1 aliphatic rings. The van der Waals surface area contributed by atoms with Crippen LogP contribution in [0.3, 0.4) is 0 Å². The molecule has 0 saturated heterocycles. The van der Waals surface area contributed by atoms with Crippen LogP contribution in [0.25, 0.3) is 0 Å². The molecule has 0 fully saturated rings. The van der Waals surface area contributed by atoms with Gasteiger partial charge in [0.05, 0.1) is 5.02 Å². The molecule has 30 heavy (non-hydrogen) atoms. The van der Waals surface area contributed by atoms with Gasteiger partial charge in [-0.05, 0) is 44.2 Å². The van der Waals surface area contributed by atoms with Crippen molar-refractivity contribution in [2.75, 3.05) is 4.90 Å². The second kappa shape index (κ2) is 7.93. The molecule has 0 atom stereocenters. The van der Waals surface area contributed by atoms with Gasteiger partial charge in [-0.15, -0.1) is 3.89 Å². The van der Waals surface area contributed by atoms with Crippen LogP contribution in [0.4, 0.5) is 9.57 Å². The van der Waals surface area contributed by atoms with Crippen LogP contribution in [0.1, 0.15) is 19.4 Å². The Kier molecular flexibility index (Phi) is 5.85. The number of nitrogens with two attached hydrogens (primary N) is 2. The average Bonchev–Trinajstić information content (AvgIpc) is 2.59. The summed E-state index contributed by atoms with van der Waals surface area (Å²) in [6.07, 6.45) is 0. The largest absolute Gasteiger partial charge is 0.487 e. The molecule has 0 spiro atoms. The first-order valence-corrected chi connectivity index (χ1v) is 10.7. The predicted molar refractivity (Wildman–Crippen MR) is 115 cm³/mol. The highest BCUT2D eigenvalue weighted by atomic mass is 35.5. The molecule has 0 radical (unpaired) electrons. The van der Waals surface area contributed by atoms with Crippen molar-refractivity contribution in [3.8, 4) is 5.75 Å². The van der Waals surface area contributed by atoms with E-state index in [1.54, 1.807) is 36.9 Å². The Morgan fingerprint density at radius 2 is 1.87 bits per heavy atom. The number of ether oxygens (including phenoxy) is 1. The van der Waals surface area contributed by atoms with E-state index in [9.17, 15) is 12.3 Å². The molecular weight excluding hydrogens is 456 g/mol. The third-order valence-corrected chi connectivity index (χ3v) is 5.68. The summed E-state index contributed by atoms with van der Waals surface area (Å²) in [4.78, 5) is 9.33. The third-order valence-electron chi connectivity index (χ3n) is 4.24. The Balaban J connectivity index is 1.86. The van der Waals surface area contributed by atoms with E-state index in [2.05, 4.69) is 9.98 Å². The summed E-state index contributed by atoms with van der Waals surface area (Å²) in [5.41, 5.74) is 11.6. The van der Waals surface area contributed by atoms with Crippen molar-refractivity contribution in [3.63, 3.8) is 0 Å². The average molecular weight is 474 g/mol. The highest BCUT2D eigenvalue weighted by Crippen LogP contribution is 2.34. The molecule has 0 amide bonds. The minimum atomic E-state index is -4.97. The Labute approximate surface area is 183 Å². The van der Waals surface area contributed by atoms with E-state index in [1.807, 2.05) is 0 Å². The molecule has 160 valence electrons. The van der Waals surface area contributed by atoms with E-state index in [1.165, 1.54) is 12.1 Å². The number of guanidine groups is 2. The van der Waals surface area contributed by atoms with Crippen molar-refractivity contribution < 1.29 is 17.0 Å². The number of anilines is 1. The summed E-state index contributed by atoms with van der Waals surface area (Å²) in [7, 11) is -4.97. The number of rotatable bonds is 5. The van der Waals surface area contributed by atoms with E-state index in [4.69, 9.17) is 39.4 Å². The Morgan fingerprint density at radius 3 is 2.47 bits per heavy atom. The quantitative estimate of drug-likeness (QED) is 0.641. The van der Waals surface area contributed by atoms with Gasteiger partial charge in [0, 0.05) is 16.3 Å². The molecule has 4 N–H and O–H groups in total. The van der Waals surface area contributed by atoms with Crippen molar-refractivity contribution in [2.45, 2.75) is 31.0 Å². The van der Waals surface area contributed by atoms with Gasteiger partial charge < -0.3 is 16.2 Å². The standard InChI is InChI=1S/C18H18Cl2FN5O3S/c1-18(2)25-16(22)24-17(23)26(18)12-5-6-14(13(20)8-12)29-9-10-3-4-11(19)7-15(10)30(21,27)28/h3-8H,9H2,1-2H3,(H4,22,23,24,25). The zero-order valence-corrected chi connectivity index (χ0v) is 18.3. The second-order valence-electron chi connectivity index (χ2n) is 6.86. The summed E-state index contributed by atoms with van der Waals surface area (Å²) in [5.74, 6) is 0.475. The van der Waals surface area contributed by atoms with Crippen molar-refractivity contribution in [1.29, 1.82) is 0 Å². The first-order chi connectivity index (χ1) is 13.9. The lowest BCUT2D eigenvalue weighted by molar-refractivity contribution is 0.303. The van der Waals surface area contributed by atoms with Gasteiger partial charge in [-0.25, -0.2) is 4.99 Å². The lowest BCUT2D eigenvalue weighted by Gasteiger charge is -2.38. The molecule has 2 aromatic rings.